The molecule has 1 rings (SSSR count). The van der Waals surface area contributed by atoms with Crippen LogP contribution in [0.1, 0.15) is 157 Å². The summed E-state index contributed by atoms with van der Waals surface area (Å²) in [6.07, 6.45) is 7.53. The smallest absolute Gasteiger partial charge is 0.408 e. The van der Waals surface area contributed by atoms with Crippen molar-refractivity contribution < 1.29 is 67.0 Å². The number of hydrogen-bond donors (Lipinski definition) is 3. The zero-order valence-corrected chi connectivity index (χ0v) is 45.0. The number of nitrogens with one attached hydrogen (secondary N) is 3. The van der Waals surface area contributed by atoms with Crippen LogP contribution in [0.4, 0.5) is 14.4 Å². The molecule has 16 heteroatoms. The van der Waals surface area contributed by atoms with E-state index in [0.29, 0.717) is 38.6 Å². The average Bonchev–Trinajstić information content (AvgIpc) is 3.33. The molecule has 4 amide bonds. The Kier molecular flexibility index (Phi) is 27.7. The first-order valence-corrected chi connectivity index (χ1v) is 24.2. The maximum absolute atomic E-state index is 12.4. The van der Waals surface area contributed by atoms with Crippen LogP contribution in [0.5, 0.6) is 0 Å². The molecule has 13 nitrogen and oxygen atoms in total. The second-order valence-electron chi connectivity index (χ2n) is 21.7. The molecule has 1 saturated heterocycles. The van der Waals surface area contributed by atoms with Crippen molar-refractivity contribution in [2.75, 3.05) is 36.8 Å². The van der Waals surface area contributed by atoms with Crippen molar-refractivity contribution in [2.45, 2.75) is 197 Å². The van der Waals surface area contributed by atoms with E-state index in [4.69, 9.17) is 14.2 Å². The predicted molar refractivity (Wildman–Crippen MR) is 245 cm³/mol. The summed E-state index contributed by atoms with van der Waals surface area (Å²) >= 11 is 1.66. The minimum Gasteiger partial charge on any atom is -1.00 e. The van der Waals surface area contributed by atoms with Gasteiger partial charge in [-0.1, -0.05) is 41.5 Å². The molecule has 3 N–H and O–H groups in total. The van der Waals surface area contributed by atoms with Gasteiger partial charge in [-0.15, -0.1) is 0 Å². The van der Waals surface area contributed by atoms with Crippen molar-refractivity contribution in [1.82, 2.24) is 20.9 Å². The zero-order chi connectivity index (χ0) is 47.0. The fraction of sp³-hybridized carbons (Fsp3) is 0.864. The van der Waals surface area contributed by atoms with Crippen LogP contribution in [0.15, 0.2) is 0 Å². The Morgan fingerprint density at radius 2 is 1.03 bits per heavy atom. The number of thioether (sulfide) groups is 1. The van der Waals surface area contributed by atoms with E-state index in [2.05, 4.69) is 28.5 Å². The summed E-state index contributed by atoms with van der Waals surface area (Å²) < 4.78 is 15.6. The number of Topliss-reactive ketones (excluding diaryl/α,β-unsaturated/α-hetero) is 2. The van der Waals surface area contributed by atoms with Crippen LogP contribution in [0.2, 0.25) is 0 Å². The first-order chi connectivity index (χ1) is 26.2. The monoisotopic (exact) mass is 1000 g/mol. The number of nitrogens with zero attached hydrogens (tertiary/aromatic N) is 1. The summed E-state index contributed by atoms with van der Waals surface area (Å²) in [6.45, 7) is 35.0. The van der Waals surface area contributed by atoms with Gasteiger partial charge in [0.25, 0.3) is 0 Å². The van der Waals surface area contributed by atoms with Crippen LogP contribution < -0.4 is 39.9 Å². The summed E-state index contributed by atoms with van der Waals surface area (Å²) in [5.41, 5.74) is -2.02. The Morgan fingerprint density at radius 1 is 0.667 bits per heavy atom. The number of carbonyl (C=O) groups is 6. The molecule has 0 unspecified atom stereocenters. The lowest BCUT2D eigenvalue weighted by molar-refractivity contribution is -0.133. The lowest BCUT2D eigenvalue weighted by atomic mass is 9.87. The van der Waals surface area contributed by atoms with Crippen LogP contribution in [0, 0.1) is 10.8 Å². The lowest BCUT2D eigenvalue weighted by Gasteiger charge is -2.32. The number of hydrogen-bond acceptors (Lipinski definition) is 10. The topological polar surface area (TPSA) is 169 Å². The number of ether oxygens (including phenoxy) is 3. The van der Waals surface area contributed by atoms with Gasteiger partial charge in [-0.2, -0.15) is 11.8 Å². The average molecular weight is 1010 g/mol. The van der Waals surface area contributed by atoms with Crippen molar-refractivity contribution in [3.05, 3.63) is 0 Å². The van der Waals surface area contributed by atoms with Crippen LogP contribution in [-0.2, 0) is 39.5 Å². The molecule has 1 aliphatic heterocycles. The Hall–Kier alpha value is -1.95. The number of amides is 4. The van der Waals surface area contributed by atoms with Gasteiger partial charge in [0.05, 0.1) is 24.6 Å². The van der Waals surface area contributed by atoms with Gasteiger partial charge in [0.15, 0.2) is 11.6 Å². The third-order valence-corrected chi connectivity index (χ3v) is 9.40. The largest absolute Gasteiger partial charge is 1.00 e. The van der Waals surface area contributed by atoms with Crippen LogP contribution in [0.3, 0.4) is 0 Å². The highest BCUT2D eigenvalue weighted by atomic mass is 127. The molecule has 0 aromatic carbocycles. The number of alkyl carbamates (subject to hydrolysis) is 3. The number of carbonyl (C=O) groups excluding carboxylic acids is 6. The first kappa shape index (κ1) is 62.3. The molecular weight excluding hydrogens is 920 g/mol. The highest BCUT2D eigenvalue weighted by molar-refractivity contribution is 7.98. The van der Waals surface area contributed by atoms with E-state index < -0.39 is 53.2 Å². The van der Waals surface area contributed by atoms with Crippen LogP contribution >= 0.6 is 11.8 Å². The molecule has 354 valence electrons. The van der Waals surface area contributed by atoms with E-state index in [1.54, 1.807) is 58.2 Å². The zero-order valence-electron chi connectivity index (χ0n) is 41.2. The van der Waals surface area contributed by atoms with Gasteiger partial charge in [0, 0.05) is 31.3 Å². The van der Waals surface area contributed by atoms with E-state index in [1.807, 2.05) is 89.3 Å². The summed E-state index contributed by atoms with van der Waals surface area (Å²) in [6, 6.07) is -1.37. The van der Waals surface area contributed by atoms with Gasteiger partial charge >= 0.3 is 18.3 Å². The highest BCUT2D eigenvalue weighted by Gasteiger charge is 2.39. The normalized spacial score (nSPS) is 15.8. The van der Waals surface area contributed by atoms with E-state index in [1.165, 1.54) is 0 Å². The van der Waals surface area contributed by atoms with Gasteiger partial charge in [-0.05, 0) is 130 Å². The number of halogens is 1. The Labute approximate surface area is 389 Å². The standard InChI is InChI=1S/C16H31NO3S.C15H29NO3S.C13H24N2O3.HI/c1-15(2,3)11-13(18)12(9-10-21(7)8)17-14(19)20-16(4,5)6;1-14(2,3)10-12(17)11(8-9-20-7)16-13(18)19-15(4,5)6;1-12(2,3)15-8-7-9(10(15)16)14-11(17)18-13(4,5)6;/h12H,9-11H2,1-8H3;11H,8-10H2,1-7H3,(H,16,18);9H,7-8H2,1-6H3,(H,14,17);1H/t12-;11-;9-;/m000./s1. The molecule has 0 spiro atoms. The Balaban J connectivity index is -0.000000807. The third kappa shape index (κ3) is 33.6. The number of likely N-dealkylation sites (tertiary alicyclic amines) is 1. The molecule has 3 atom stereocenters. The molecule has 0 aromatic rings. The van der Waals surface area contributed by atoms with Gasteiger partial charge in [0.1, 0.15) is 28.6 Å². The second-order valence-corrected chi connectivity index (χ2v) is 25.1. The van der Waals surface area contributed by atoms with Crippen molar-refractivity contribution in [3.8, 4) is 0 Å². The summed E-state index contributed by atoms with van der Waals surface area (Å²) in [5.74, 6) is 1.87. The molecule has 0 saturated carbocycles. The van der Waals surface area contributed by atoms with Crippen LogP contribution in [-0.4, -0.2) is 118 Å². The Bertz CT molecular complexity index is 1350. The predicted octanol–water partition coefficient (Wildman–Crippen LogP) is 5.71. The van der Waals surface area contributed by atoms with E-state index in [9.17, 15) is 28.8 Å². The third-order valence-electron chi connectivity index (χ3n) is 7.70. The van der Waals surface area contributed by atoms with Gasteiger partial charge in [-0.25, -0.2) is 14.4 Å². The number of ketones is 2. The molecule has 60 heavy (non-hydrogen) atoms. The Morgan fingerprint density at radius 3 is 1.33 bits per heavy atom. The van der Waals surface area contributed by atoms with E-state index >= 15 is 0 Å². The molecule has 1 aliphatic rings. The van der Waals surface area contributed by atoms with Gasteiger partial charge in [0.2, 0.25) is 5.91 Å². The minimum atomic E-state index is -0.554. The maximum atomic E-state index is 12.4. The van der Waals surface area contributed by atoms with Gasteiger partial charge in [-0.3, -0.25) is 14.4 Å². The van der Waals surface area contributed by atoms with Crippen molar-refractivity contribution in [2.24, 2.45) is 10.8 Å². The molecule has 1 heterocycles. The first-order valence-electron chi connectivity index (χ1n) is 20.6. The molecule has 0 aromatic heterocycles. The summed E-state index contributed by atoms with van der Waals surface area (Å²) in [7, 11) is 0.246. The highest BCUT2D eigenvalue weighted by Crippen LogP contribution is 2.24. The lowest BCUT2D eigenvalue weighted by Crippen LogP contribution is -3.00. The van der Waals surface area contributed by atoms with Gasteiger partial charge < -0.3 is 59.0 Å². The molecule has 1 fully saturated rings. The minimum absolute atomic E-state index is 0. The molecule has 0 aliphatic carbocycles. The summed E-state index contributed by atoms with van der Waals surface area (Å²) in [4.78, 5) is 73.9. The van der Waals surface area contributed by atoms with E-state index in [0.717, 1.165) is 11.5 Å². The molecule has 0 bridgehead atoms. The van der Waals surface area contributed by atoms with Crippen molar-refractivity contribution >= 4 is 58.4 Å². The fourth-order valence-electron chi connectivity index (χ4n) is 5.34. The van der Waals surface area contributed by atoms with Crippen LogP contribution in [0.25, 0.3) is 0 Å². The quantitative estimate of drug-likeness (QED) is 0.118. The maximum Gasteiger partial charge on any atom is 0.408 e. The summed E-state index contributed by atoms with van der Waals surface area (Å²) in [5, 5.41) is 8.09. The second kappa shape index (κ2) is 26.6. The number of rotatable bonds is 13. The SMILES string of the molecule is CC(C)(C)OC(=O)N[C@H]1CCN(C(C)(C)C)C1=O.CSCC[C@H](NC(=O)OC(C)(C)C)C(=O)CC(C)(C)C.C[S+](C)CC[C@H](NC(=O)OC(C)(C)C)C(=O)CC(C)(C)C.[I-]. The van der Waals surface area contributed by atoms with Crippen molar-refractivity contribution in [1.29, 1.82) is 0 Å². The molecular formula is C44H85IN4O9S2. The van der Waals surface area contributed by atoms with Crippen molar-refractivity contribution in [3.63, 3.8) is 0 Å². The fourth-order valence-corrected chi connectivity index (χ4v) is 6.52. The van der Waals surface area contributed by atoms with E-state index in [-0.39, 0.29) is 68.7 Å². The molecule has 0 radical (unpaired) electrons.